The standard InChI is InChI=1S/C14H23ClN4O2/c1-17-6-4-11(5-7-17)19(8-9-21-3)14(20)13-12(15)10-18(2)16-13/h10-11H,4-9H2,1-3H3. The molecule has 0 bridgehead atoms. The molecule has 0 radical (unpaired) electrons. The van der Waals surface area contributed by atoms with Crippen molar-refractivity contribution >= 4 is 17.5 Å². The van der Waals surface area contributed by atoms with Gasteiger partial charge in [-0.15, -0.1) is 0 Å². The van der Waals surface area contributed by atoms with Gasteiger partial charge in [0.2, 0.25) is 0 Å². The van der Waals surface area contributed by atoms with E-state index in [1.54, 1.807) is 25.0 Å². The molecule has 0 saturated carbocycles. The average Bonchev–Trinajstić information content (AvgIpc) is 2.79. The van der Waals surface area contributed by atoms with Gasteiger partial charge in [-0.2, -0.15) is 5.10 Å². The monoisotopic (exact) mass is 314 g/mol. The first-order chi connectivity index (χ1) is 10.0. The Hall–Kier alpha value is -1.11. The fraction of sp³-hybridized carbons (Fsp3) is 0.714. The first-order valence-electron chi connectivity index (χ1n) is 7.20. The van der Waals surface area contributed by atoms with E-state index in [0.717, 1.165) is 25.9 Å². The number of likely N-dealkylation sites (tertiary alicyclic amines) is 1. The van der Waals surface area contributed by atoms with E-state index in [4.69, 9.17) is 16.3 Å². The summed E-state index contributed by atoms with van der Waals surface area (Å²) in [5.74, 6) is -0.104. The molecule has 2 rings (SSSR count). The van der Waals surface area contributed by atoms with E-state index in [1.165, 1.54) is 0 Å². The summed E-state index contributed by atoms with van der Waals surface area (Å²) >= 11 is 6.11. The second kappa shape index (κ2) is 7.24. The van der Waals surface area contributed by atoms with E-state index in [0.29, 0.717) is 23.9 Å². The van der Waals surface area contributed by atoms with Crippen LogP contribution in [0.15, 0.2) is 6.20 Å². The van der Waals surface area contributed by atoms with Crippen molar-refractivity contribution in [3.63, 3.8) is 0 Å². The van der Waals surface area contributed by atoms with Crippen LogP contribution >= 0.6 is 11.6 Å². The highest BCUT2D eigenvalue weighted by Gasteiger charge is 2.29. The molecule has 1 aromatic heterocycles. The Kier molecular flexibility index (Phi) is 5.61. The quantitative estimate of drug-likeness (QED) is 0.821. The van der Waals surface area contributed by atoms with Gasteiger partial charge >= 0.3 is 0 Å². The number of carbonyl (C=O) groups excluding carboxylic acids is 1. The van der Waals surface area contributed by atoms with Crippen LogP contribution in [0.2, 0.25) is 5.02 Å². The summed E-state index contributed by atoms with van der Waals surface area (Å²) in [5.41, 5.74) is 0.328. The van der Waals surface area contributed by atoms with E-state index in [2.05, 4.69) is 17.0 Å². The number of rotatable bonds is 5. The Bertz CT molecular complexity index is 483. The minimum Gasteiger partial charge on any atom is -0.383 e. The predicted octanol–water partition coefficient (Wildman–Crippen LogP) is 1.26. The van der Waals surface area contributed by atoms with E-state index < -0.39 is 0 Å². The summed E-state index contributed by atoms with van der Waals surface area (Å²) in [5, 5.41) is 4.59. The van der Waals surface area contributed by atoms with E-state index in [-0.39, 0.29) is 11.9 Å². The van der Waals surface area contributed by atoms with Crippen LogP contribution in [0.25, 0.3) is 0 Å². The van der Waals surface area contributed by atoms with Gasteiger partial charge in [-0.1, -0.05) is 11.6 Å². The summed E-state index contributed by atoms with van der Waals surface area (Å²) in [7, 11) is 5.51. The third kappa shape index (κ3) is 3.96. The van der Waals surface area contributed by atoms with Gasteiger partial charge in [0.05, 0.1) is 11.6 Å². The summed E-state index contributed by atoms with van der Waals surface area (Å²) < 4.78 is 6.71. The van der Waals surface area contributed by atoms with Crippen LogP contribution in [-0.2, 0) is 11.8 Å². The minimum absolute atomic E-state index is 0.104. The van der Waals surface area contributed by atoms with Crippen molar-refractivity contribution in [2.75, 3.05) is 40.4 Å². The van der Waals surface area contributed by atoms with Crippen LogP contribution in [0.1, 0.15) is 23.3 Å². The summed E-state index contributed by atoms with van der Waals surface area (Å²) in [4.78, 5) is 16.9. The number of hydrogen-bond donors (Lipinski definition) is 0. The van der Waals surface area contributed by atoms with Crippen molar-refractivity contribution in [3.05, 3.63) is 16.9 Å². The summed E-state index contributed by atoms with van der Waals surface area (Å²) in [6.45, 7) is 3.08. The number of ether oxygens (including phenoxy) is 1. The predicted molar refractivity (Wildman–Crippen MR) is 81.6 cm³/mol. The molecular formula is C14H23ClN4O2. The van der Waals surface area contributed by atoms with Crippen LogP contribution in [0.5, 0.6) is 0 Å². The van der Waals surface area contributed by atoms with Gasteiger partial charge in [0.15, 0.2) is 5.69 Å². The second-order valence-corrected chi connectivity index (χ2v) is 5.93. The molecule has 1 amide bonds. The van der Waals surface area contributed by atoms with Crippen LogP contribution in [0.4, 0.5) is 0 Å². The van der Waals surface area contributed by atoms with Gasteiger partial charge < -0.3 is 14.5 Å². The molecule has 1 fully saturated rings. The zero-order chi connectivity index (χ0) is 15.4. The van der Waals surface area contributed by atoms with Gasteiger partial charge in [0.25, 0.3) is 5.91 Å². The molecule has 1 aromatic rings. The normalized spacial score (nSPS) is 17.1. The summed E-state index contributed by atoms with van der Waals surface area (Å²) in [6, 6.07) is 0.224. The molecule has 6 nitrogen and oxygen atoms in total. The van der Waals surface area contributed by atoms with Gasteiger partial charge in [-0.25, -0.2) is 0 Å². The highest BCUT2D eigenvalue weighted by molar-refractivity contribution is 6.33. The Balaban J connectivity index is 2.15. The van der Waals surface area contributed by atoms with Crippen molar-refractivity contribution < 1.29 is 9.53 Å². The minimum atomic E-state index is -0.104. The fourth-order valence-electron chi connectivity index (χ4n) is 2.69. The molecule has 118 valence electrons. The lowest BCUT2D eigenvalue weighted by atomic mass is 10.0. The van der Waals surface area contributed by atoms with Crippen LogP contribution < -0.4 is 0 Å². The average molecular weight is 315 g/mol. The van der Waals surface area contributed by atoms with Crippen molar-refractivity contribution in [2.24, 2.45) is 7.05 Å². The molecular weight excluding hydrogens is 292 g/mol. The van der Waals surface area contributed by atoms with E-state index in [9.17, 15) is 4.79 Å². The lowest BCUT2D eigenvalue weighted by molar-refractivity contribution is 0.0499. The van der Waals surface area contributed by atoms with E-state index >= 15 is 0 Å². The maximum absolute atomic E-state index is 12.8. The molecule has 0 aliphatic carbocycles. The van der Waals surface area contributed by atoms with Gasteiger partial charge in [0.1, 0.15) is 0 Å². The molecule has 7 heteroatoms. The van der Waals surface area contributed by atoms with Crippen molar-refractivity contribution in [1.29, 1.82) is 0 Å². The first-order valence-corrected chi connectivity index (χ1v) is 7.58. The van der Waals surface area contributed by atoms with Gasteiger partial charge in [-0.3, -0.25) is 9.48 Å². The Morgan fingerprint density at radius 3 is 2.67 bits per heavy atom. The number of methoxy groups -OCH3 is 1. The molecule has 21 heavy (non-hydrogen) atoms. The topological polar surface area (TPSA) is 50.6 Å². The molecule has 0 aromatic carbocycles. The molecule has 1 aliphatic heterocycles. The van der Waals surface area contributed by atoms with Crippen molar-refractivity contribution in [2.45, 2.75) is 18.9 Å². The largest absolute Gasteiger partial charge is 0.383 e. The molecule has 1 aliphatic rings. The SMILES string of the molecule is COCCN(C(=O)c1nn(C)cc1Cl)C1CCN(C)CC1. The lowest BCUT2D eigenvalue weighted by Gasteiger charge is -2.37. The molecule has 0 spiro atoms. The zero-order valence-corrected chi connectivity index (χ0v) is 13.6. The molecule has 0 unspecified atom stereocenters. The number of aromatic nitrogens is 2. The fourth-order valence-corrected chi connectivity index (χ4v) is 2.95. The van der Waals surface area contributed by atoms with Crippen LogP contribution in [-0.4, -0.2) is 71.9 Å². The number of piperidine rings is 1. The smallest absolute Gasteiger partial charge is 0.276 e. The number of carbonyl (C=O) groups is 1. The number of hydrogen-bond acceptors (Lipinski definition) is 4. The maximum Gasteiger partial charge on any atom is 0.276 e. The van der Waals surface area contributed by atoms with Crippen LogP contribution in [0, 0.1) is 0 Å². The van der Waals surface area contributed by atoms with Gasteiger partial charge in [0, 0.05) is 32.9 Å². The third-order valence-corrected chi connectivity index (χ3v) is 4.19. The lowest BCUT2D eigenvalue weighted by Crippen LogP contribution is -2.48. The molecule has 2 heterocycles. The Labute approximate surface area is 130 Å². The van der Waals surface area contributed by atoms with Crippen LogP contribution in [0.3, 0.4) is 0 Å². The number of halogens is 1. The number of aryl methyl sites for hydroxylation is 1. The molecule has 0 atom stereocenters. The number of nitrogens with zero attached hydrogens (tertiary/aromatic N) is 4. The highest BCUT2D eigenvalue weighted by Crippen LogP contribution is 2.21. The van der Waals surface area contributed by atoms with Crippen molar-refractivity contribution in [1.82, 2.24) is 19.6 Å². The van der Waals surface area contributed by atoms with Crippen molar-refractivity contribution in [3.8, 4) is 0 Å². The maximum atomic E-state index is 12.8. The Morgan fingerprint density at radius 2 is 2.14 bits per heavy atom. The Morgan fingerprint density at radius 1 is 1.48 bits per heavy atom. The first kappa shape index (κ1) is 16.3. The van der Waals surface area contributed by atoms with E-state index in [1.807, 2.05) is 4.90 Å². The summed E-state index contributed by atoms with van der Waals surface area (Å²) in [6.07, 6.45) is 3.59. The van der Waals surface area contributed by atoms with Gasteiger partial charge in [-0.05, 0) is 33.0 Å². The second-order valence-electron chi connectivity index (χ2n) is 5.53. The molecule has 0 N–H and O–H groups in total. The molecule has 1 saturated heterocycles. The third-order valence-electron chi connectivity index (χ3n) is 3.91. The zero-order valence-electron chi connectivity index (χ0n) is 12.9. The number of amides is 1. The highest BCUT2D eigenvalue weighted by atomic mass is 35.5.